The van der Waals surface area contributed by atoms with Gasteiger partial charge in [-0.05, 0) is 0 Å². The van der Waals surface area contributed by atoms with E-state index in [-0.39, 0.29) is 18.5 Å². The summed E-state index contributed by atoms with van der Waals surface area (Å²) in [4.78, 5) is 21.4. The summed E-state index contributed by atoms with van der Waals surface area (Å²) in [6, 6.07) is 0. The molecule has 3 heterocycles. The van der Waals surface area contributed by atoms with Crippen molar-refractivity contribution in [3.05, 3.63) is 12.7 Å². The van der Waals surface area contributed by atoms with Gasteiger partial charge in [0.25, 0.3) is 0 Å². The second-order valence-corrected chi connectivity index (χ2v) is 7.76. The highest BCUT2D eigenvalue weighted by molar-refractivity contribution is 8.44. The standard InChI is InChI=1S/C11H16N5O5PS/c1-19-6-2-8(21-7(6)3-20-22(17,18)23)16-5-15-9-10(12)13-4-14-11(9)16/h4-8H,2-3H2,1H3,(H2,12,13,14)(H2,17,18,23)/t6?,7-,8-/m1/s1. The molecule has 1 saturated heterocycles. The van der Waals surface area contributed by atoms with E-state index in [2.05, 4.69) is 27.2 Å². The third-order valence-corrected chi connectivity index (χ3v) is 4.42. The Morgan fingerprint density at radius 2 is 2.35 bits per heavy atom. The number of anilines is 1. The van der Waals surface area contributed by atoms with Crippen molar-refractivity contribution in [3.8, 4) is 0 Å². The molecule has 3 rings (SSSR count). The van der Waals surface area contributed by atoms with Gasteiger partial charge in [0.2, 0.25) is 0 Å². The summed E-state index contributed by atoms with van der Waals surface area (Å²) in [5.41, 5.74) is 6.79. The number of aromatic nitrogens is 4. The molecule has 1 aliphatic rings. The Bertz CT molecular complexity index is 751. The van der Waals surface area contributed by atoms with Crippen LogP contribution in [0.3, 0.4) is 0 Å². The Balaban J connectivity index is 1.81. The quantitative estimate of drug-likeness (QED) is 0.521. The molecule has 0 aromatic carbocycles. The van der Waals surface area contributed by atoms with Crippen LogP contribution in [-0.4, -0.2) is 50.3 Å². The summed E-state index contributed by atoms with van der Waals surface area (Å²) in [5.74, 6) is 0.284. The number of methoxy groups -OCH3 is 1. The molecule has 0 bridgehead atoms. The number of thiol groups is 1. The third kappa shape index (κ3) is 3.49. The van der Waals surface area contributed by atoms with E-state index in [0.29, 0.717) is 17.6 Å². The van der Waals surface area contributed by atoms with Crippen molar-refractivity contribution in [3.63, 3.8) is 0 Å². The van der Waals surface area contributed by atoms with E-state index >= 15 is 0 Å². The molecule has 126 valence electrons. The van der Waals surface area contributed by atoms with Crippen LogP contribution in [0, 0.1) is 0 Å². The maximum absolute atomic E-state index is 11.1. The zero-order chi connectivity index (χ0) is 16.6. The fourth-order valence-electron chi connectivity index (χ4n) is 2.52. The Labute approximate surface area is 136 Å². The van der Waals surface area contributed by atoms with Crippen molar-refractivity contribution >= 4 is 36.0 Å². The van der Waals surface area contributed by atoms with Crippen molar-refractivity contribution in [1.29, 1.82) is 0 Å². The topological polar surface area (TPSA) is 135 Å². The summed E-state index contributed by atoms with van der Waals surface area (Å²) in [7, 11) is 1.54. The minimum absolute atomic E-state index is 0.115. The van der Waals surface area contributed by atoms with E-state index in [9.17, 15) is 4.57 Å². The molecule has 2 unspecified atom stereocenters. The Morgan fingerprint density at radius 3 is 3.04 bits per heavy atom. The number of ether oxygens (including phenoxy) is 2. The van der Waals surface area contributed by atoms with E-state index in [4.69, 9.17) is 24.6 Å². The SMILES string of the molecule is COC1C[C@H](n2cnc3c(N)ncnc32)O[C@@H]1COP(=O)(O)S. The molecular weight excluding hydrogens is 345 g/mol. The molecule has 1 aliphatic heterocycles. The Hall–Kier alpha value is -1.23. The van der Waals surface area contributed by atoms with Gasteiger partial charge < -0.3 is 20.1 Å². The molecule has 2 aromatic rings. The molecule has 4 atom stereocenters. The van der Waals surface area contributed by atoms with Gasteiger partial charge in [0.15, 0.2) is 11.5 Å². The zero-order valence-corrected chi connectivity index (χ0v) is 13.9. The van der Waals surface area contributed by atoms with Gasteiger partial charge in [0.1, 0.15) is 24.2 Å². The van der Waals surface area contributed by atoms with Gasteiger partial charge in [-0.2, -0.15) is 0 Å². The van der Waals surface area contributed by atoms with Crippen molar-refractivity contribution < 1.29 is 23.5 Å². The lowest BCUT2D eigenvalue weighted by molar-refractivity contribution is -0.0469. The number of hydrogen-bond donors (Lipinski definition) is 3. The molecule has 3 N–H and O–H groups in total. The predicted octanol–water partition coefficient (Wildman–Crippen LogP) is 0.758. The molecule has 0 amide bonds. The van der Waals surface area contributed by atoms with Crippen LogP contribution < -0.4 is 5.73 Å². The van der Waals surface area contributed by atoms with E-state index in [1.807, 2.05) is 0 Å². The van der Waals surface area contributed by atoms with Crippen LogP contribution in [-0.2, 0) is 18.6 Å². The van der Waals surface area contributed by atoms with Gasteiger partial charge in [-0.15, -0.1) is 0 Å². The van der Waals surface area contributed by atoms with Crippen molar-refractivity contribution in [2.75, 3.05) is 19.5 Å². The molecule has 0 spiro atoms. The van der Waals surface area contributed by atoms with Gasteiger partial charge in [0.05, 0.1) is 19.0 Å². The lowest BCUT2D eigenvalue weighted by Gasteiger charge is -2.17. The van der Waals surface area contributed by atoms with Gasteiger partial charge in [-0.3, -0.25) is 9.09 Å². The van der Waals surface area contributed by atoms with Gasteiger partial charge in [-0.1, -0.05) is 12.2 Å². The summed E-state index contributed by atoms with van der Waals surface area (Å²) < 4.78 is 28.9. The molecule has 0 aliphatic carbocycles. The Kier molecular flexibility index (Phi) is 4.59. The fraction of sp³-hybridized carbons (Fsp3) is 0.545. The van der Waals surface area contributed by atoms with Gasteiger partial charge >= 0.3 is 6.80 Å². The monoisotopic (exact) mass is 361 g/mol. The normalized spacial score (nSPS) is 27.3. The maximum atomic E-state index is 11.1. The highest BCUT2D eigenvalue weighted by Gasteiger charge is 2.38. The molecule has 2 aromatic heterocycles. The lowest BCUT2D eigenvalue weighted by Crippen LogP contribution is -2.27. The average molecular weight is 361 g/mol. The minimum Gasteiger partial charge on any atom is -0.382 e. The molecule has 0 saturated carbocycles. The molecule has 1 fully saturated rings. The van der Waals surface area contributed by atoms with Crippen LogP contribution >= 0.6 is 19.0 Å². The van der Waals surface area contributed by atoms with Crippen molar-refractivity contribution in [2.24, 2.45) is 0 Å². The average Bonchev–Trinajstić information content (AvgIpc) is 3.08. The van der Waals surface area contributed by atoms with E-state index in [0.717, 1.165) is 0 Å². The van der Waals surface area contributed by atoms with Gasteiger partial charge in [-0.25, -0.2) is 19.5 Å². The molecule has 12 heteroatoms. The highest BCUT2D eigenvalue weighted by Crippen LogP contribution is 2.47. The highest BCUT2D eigenvalue weighted by atomic mass is 32.7. The number of hydrogen-bond acceptors (Lipinski definition) is 8. The van der Waals surface area contributed by atoms with Crippen LogP contribution in [0.15, 0.2) is 12.7 Å². The van der Waals surface area contributed by atoms with E-state index in [1.165, 1.54) is 13.4 Å². The van der Waals surface area contributed by atoms with Crippen LogP contribution in [0.1, 0.15) is 12.6 Å². The van der Waals surface area contributed by atoms with Gasteiger partial charge in [0, 0.05) is 13.5 Å². The lowest BCUT2D eigenvalue weighted by atomic mass is 10.2. The first-order valence-electron chi connectivity index (χ1n) is 6.70. The number of nitrogens with two attached hydrogens (primary N) is 1. The smallest absolute Gasteiger partial charge is 0.382 e. The minimum atomic E-state index is -3.88. The number of imidazole rings is 1. The fourth-order valence-corrected chi connectivity index (χ4v) is 3.06. The molecule has 0 radical (unpaired) electrons. The summed E-state index contributed by atoms with van der Waals surface area (Å²) >= 11 is 3.47. The largest absolute Gasteiger partial charge is 0.383 e. The number of nitrogens with zero attached hydrogens (tertiary/aromatic N) is 4. The summed E-state index contributed by atoms with van der Waals surface area (Å²) in [6.45, 7) is -3.99. The first-order chi connectivity index (χ1) is 10.9. The first kappa shape index (κ1) is 16.6. The summed E-state index contributed by atoms with van der Waals surface area (Å²) in [5, 5.41) is 0. The predicted molar refractivity (Wildman–Crippen MR) is 83.8 cm³/mol. The third-order valence-electron chi connectivity index (χ3n) is 3.59. The molecule has 23 heavy (non-hydrogen) atoms. The van der Waals surface area contributed by atoms with E-state index in [1.54, 1.807) is 10.9 Å². The van der Waals surface area contributed by atoms with E-state index < -0.39 is 19.1 Å². The van der Waals surface area contributed by atoms with Crippen molar-refractivity contribution in [1.82, 2.24) is 19.5 Å². The number of rotatable bonds is 5. The second-order valence-electron chi connectivity index (χ2n) is 5.01. The summed E-state index contributed by atoms with van der Waals surface area (Å²) in [6.07, 6.45) is 2.17. The molecular formula is C11H16N5O5PS. The Morgan fingerprint density at radius 1 is 1.57 bits per heavy atom. The second kappa shape index (κ2) is 6.34. The van der Waals surface area contributed by atoms with Crippen LogP contribution in [0.4, 0.5) is 5.82 Å². The zero-order valence-electron chi connectivity index (χ0n) is 12.1. The number of nitrogen functional groups attached to an aromatic ring is 1. The van der Waals surface area contributed by atoms with Crippen LogP contribution in [0.25, 0.3) is 11.2 Å². The first-order valence-corrected chi connectivity index (χ1v) is 9.43. The maximum Gasteiger partial charge on any atom is 0.383 e. The van der Waals surface area contributed by atoms with Crippen molar-refractivity contribution in [2.45, 2.75) is 24.9 Å². The molecule has 10 nitrogen and oxygen atoms in total. The van der Waals surface area contributed by atoms with Crippen LogP contribution in [0.2, 0.25) is 0 Å². The number of fused-ring (bicyclic) bond motifs is 1. The van der Waals surface area contributed by atoms with Crippen LogP contribution in [0.5, 0.6) is 0 Å².